The van der Waals surface area contributed by atoms with Crippen molar-refractivity contribution in [1.82, 2.24) is 5.32 Å². The number of nitrogens with one attached hydrogen (secondary N) is 1. The lowest BCUT2D eigenvalue weighted by Crippen LogP contribution is -2.41. The molecule has 2 heteroatoms. The van der Waals surface area contributed by atoms with Gasteiger partial charge >= 0.3 is 0 Å². The number of carbonyl (C=O) groups excluding carboxylic acids is 1. The van der Waals surface area contributed by atoms with Crippen LogP contribution in [0.4, 0.5) is 0 Å². The summed E-state index contributed by atoms with van der Waals surface area (Å²) < 4.78 is 0. The van der Waals surface area contributed by atoms with Crippen LogP contribution in [0.1, 0.15) is 71.1 Å². The third-order valence-electron chi connectivity index (χ3n) is 4.66. The Kier molecular flexibility index (Phi) is 4.87. The van der Waals surface area contributed by atoms with Crippen LogP contribution < -0.4 is 5.32 Å². The summed E-state index contributed by atoms with van der Waals surface area (Å²) in [6.07, 6.45) is 13.7. The van der Waals surface area contributed by atoms with E-state index in [-0.39, 0.29) is 5.91 Å². The summed E-state index contributed by atoms with van der Waals surface area (Å²) in [5.74, 6) is 1.87. The number of amides is 1. The van der Waals surface area contributed by atoms with Gasteiger partial charge in [-0.2, -0.15) is 0 Å². The van der Waals surface area contributed by atoms with Crippen molar-refractivity contribution in [2.75, 3.05) is 0 Å². The third kappa shape index (κ3) is 4.01. The monoisotopic (exact) mass is 237 g/mol. The fraction of sp³-hybridized carbons (Fsp3) is 0.933. The molecule has 0 radical (unpaired) electrons. The molecule has 0 spiro atoms. The van der Waals surface area contributed by atoms with Crippen LogP contribution in [-0.4, -0.2) is 11.9 Å². The average molecular weight is 237 g/mol. The summed E-state index contributed by atoms with van der Waals surface area (Å²) in [6.45, 7) is 1.66. The third-order valence-corrected chi connectivity index (χ3v) is 4.66. The summed E-state index contributed by atoms with van der Waals surface area (Å²) in [5, 5.41) is 3.18. The van der Waals surface area contributed by atoms with Crippen LogP contribution in [0.25, 0.3) is 0 Å². The summed E-state index contributed by atoms with van der Waals surface area (Å²) in [5.41, 5.74) is 0. The molecule has 0 unspecified atom stereocenters. The number of hydrogen-bond acceptors (Lipinski definition) is 1. The Bertz CT molecular complexity index is 245. The quantitative estimate of drug-likeness (QED) is 0.797. The van der Waals surface area contributed by atoms with Gasteiger partial charge in [0.05, 0.1) is 0 Å². The first-order valence-electron chi connectivity index (χ1n) is 7.53. The Balaban J connectivity index is 1.84. The summed E-state index contributed by atoms with van der Waals surface area (Å²) in [4.78, 5) is 11.2. The minimum Gasteiger partial charge on any atom is -0.353 e. The van der Waals surface area contributed by atoms with Gasteiger partial charge in [-0.15, -0.1) is 0 Å². The first-order chi connectivity index (χ1) is 8.25. The highest BCUT2D eigenvalue weighted by atomic mass is 16.1. The van der Waals surface area contributed by atoms with Gasteiger partial charge < -0.3 is 5.32 Å². The standard InChI is InChI=1S/C15H27NO/c1-12(17)16-15-10-6-5-9-14(15)11-13-7-3-2-4-8-13/h13-15H,2-11H2,1H3,(H,16,17)/t14-,15-/m1/s1. The Morgan fingerprint density at radius 1 is 1.00 bits per heavy atom. The van der Waals surface area contributed by atoms with Crippen LogP contribution >= 0.6 is 0 Å². The molecule has 2 rings (SSSR count). The predicted octanol–water partition coefficient (Wildman–Crippen LogP) is 3.65. The Labute approximate surface area is 106 Å². The molecule has 2 fully saturated rings. The summed E-state index contributed by atoms with van der Waals surface area (Å²) in [7, 11) is 0. The highest BCUT2D eigenvalue weighted by molar-refractivity contribution is 5.73. The molecular weight excluding hydrogens is 210 g/mol. The lowest BCUT2D eigenvalue weighted by atomic mass is 9.75. The van der Waals surface area contributed by atoms with Crippen LogP contribution in [0.15, 0.2) is 0 Å². The van der Waals surface area contributed by atoms with E-state index in [1.165, 1.54) is 64.2 Å². The maximum absolute atomic E-state index is 11.2. The van der Waals surface area contributed by atoms with Gasteiger partial charge in [-0.05, 0) is 31.1 Å². The highest BCUT2D eigenvalue weighted by Gasteiger charge is 2.28. The van der Waals surface area contributed by atoms with Gasteiger partial charge in [0.25, 0.3) is 0 Å². The summed E-state index contributed by atoms with van der Waals surface area (Å²) in [6, 6.07) is 0.475. The molecule has 0 saturated heterocycles. The van der Waals surface area contributed by atoms with Crippen molar-refractivity contribution < 1.29 is 4.79 Å². The van der Waals surface area contributed by atoms with Gasteiger partial charge in [0.15, 0.2) is 0 Å². The van der Waals surface area contributed by atoms with Gasteiger partial charge in [-0.1, -0.05) is 44.9 Å². The normalized spacial score (nSPS) is 31.1. The maximum atomic E-state index is 11.2. The van der Waals surface area contributed by atoms with E-state index in [1.807, 2.05) is 0 Å². The van der Waals surface area contributed by atoms with E-state index in [2.05, 4.69) is 5.32 Å². The molecule has 0 aromatic carbocycles. The zero-order chi connectivity index (χ0) is 12.1. The predicted molar refractivity (Wildman–Crippen MR) is 70.8 cm³/mol. The lowest BCUT2D eigenvalue weighted by molar-refractivity contribution is -0.120. The fourth-order valence-corrected chi connectivity index (χ4v) is 3.79. The molecule has 1 N–H and O–H groups in total. The van der Waals surface area contributed by atoms with Crippen molar-refractivity contribution in [2.24, 2.45) is 11.8 Å². The zero-order valence-corrected chi connectivity index (χ0v) is 11.2. The largest absolute Gasteiger partial charge is 0.353 e. The highest BCUT2D eigenvalue weighted by Crippen LogP contribution is 2.35. The smallest absolute Gasteiger partial charge is 0.217 e. The van der Waals surface area contributed by atoms with Crippen molar-refractivity contribution in [1.29, 1.82) is 0 Å². The van der Waals surface area contributed by atoms with Crippen molar-refractivity contribution in [3.63, 3.8) is 0 Å². The molecular formula is C15H27NO. The molecule has 2 nitrogen and oxygen atoms in total. The van der Waals surface area contributed by atoms with Crippen LogP contribution in [0.3, 0.4) is 0 Å². The van der Waals surface area contributed by atoms with Gasteiger partial charge in [-0.25, -0.2) is 0 Å². The van der Waals surface area contributed by atoms with Crippen molar-refractivity contribution >= 4 is 5.91 Å². The minimum absolute atomic E-state index is 0.158. The van der Waals surface area contributed by atoms with Gasteiger partial charge in [0, 0.05) is 13.0 Å². The average Bonchev–Trinajstić information content (AvgIpc) is 2.32. The van der Waals surface area contributed by atoms with E-state index in [0.717, 1.165) is 11.8 Å². The minimum atomic E-state index is 0.158. The van der Waals surface area contributed by atoms with E-state index in [0.29, 0.717) is 6.04 Å². The molecule has 98 valence electrons. The van der Waals surface area contributed by atoms with Crippen molar-refractivity contribution in [2.45, 2.75) is 77.2 Å². The molecule has 2 atom stereocenters. The molecule has 17 heavy (non-hydrogen) atoms. The zero-order valence-electron chi connectivity index (χ0n) is 11.2. The summed E-state index contributed by atoms with van der Waals surface area (Å²) >= 11 is 0. The first-order valence-corrected chi connectivity index (χ1v) is 7.53. The lowest BCUT2D eigenvalue weighted by Gasteiger charge is -2.35. The second-order valence-electron chi connectivity index (χ2n) is 6.09. The Morgan fingerprint density at radius 3 is 2.35 bits per heavy atom. The molecule has 2 aliphatic rings. The molecule has 1 amide bonds. The molecule has 0 heterocycles. The van der Waals surface area contributed by atoms with Gasteiger partial charge in [0.2, 0.25) is 5.91 Å². The van der Waals surface area contributed by atoms with Gasteiger partial charge in [0.1, 0.15) is 0 Å². The Hall–Kier alpha value is -0.530. The molecule has 0 aromatic heterocycles. The van der Waals surface area contributed by atoms with E-state index < -0.39 is 0 Å². The fourth-order valence-electron chi connectivity index (χ4n) is 3.79. The van der Waals surface area contributed by atoms with E-state index >= 15 is 0 Å². The maximum Gasteiger partial charge on any atom is 0.217 e. The van der Waals surface area contributed by atoms with Crippen molar-refractivity contribution in [3.05, 3.63) is 0 Å². The Morgan fingerprint density at radius 2 is 1.65 bits per heavy atom. The topological polar surface area (TPSA) is 29.1 Å². The number of carbonyl (C=O) groups is 1. The SMILES string of the molecule is CC(=O)N[C@@H]1CCCC[C@@H]1CC1CCCCC1. The molecule has 0 aliphatic heterocycles. The molecule has 0 aromatic rings. The van der Waals surface area contributed by atoms with Crippen LogP contribution in [0, 0.1) is 11.8 Å². The second-order valence-corrected chi connectivity index (χ2v) is 6.09. The van der Waals surface area contributed by atoms with E-state index in [9.17, 15) is 4.79 Å². The first kappa shape index (κ1) is 12.9. The van der Waals surface area contributed by atoms with Gasteiger partial charge in [-0.3, -0.25) is 4.79 Å². The van der Waals surface area contributed by atoms with Crippen molar-refractivity contribution in [3.8, 4) is 0 Å². The second kappa shape index (κ2) is 6.42. The van der Waals surface area contributed by atoms with E-state index in [4.69, 9.17) is 0 Å². The molecule has 2 aliphatic carbocycles. The number of hydrogen-bond donors (Lipinski definition) is 1. The van der Waals surface area contributed by atoms with Crippen LogP contribution in [0.2, 0.25) is 0 Å². The molecule has 2 saturated carbocycles. The molecule has 0 bridgehead atoms. The number of rotatable bonds is 3. The van der Waals surface area contributed by atoms with E-state index in [1.54, 1.807) is 6.92 Å². The van der Waals surface area contributed by atoms with Crippen LogP contribution in [-0.2, 0) is 4.79 Å². The van der Waals surface area contributed by atoms with Crippen LogP contribution in [0.5, 0.6) is 0 Å².